The predicted octanol–water partition coefficient (Wildman–Crippen LogP) is 1.04. The quantitative estimate of drug-likeness (QED) is 0.594. The van der Waals surface area contributed by atoms with Crippen LogP contribution in [-0.4, -0.2) is 37.0 Å². The van der Waals surface area contributed by atoms with Gasteiger partial charge in [0.25, 0.3) is 0 Å². The molecule has 2 nitrogen and oxygen atoms in total. The van der Waals surface area contributed by atoms with Crippen LogP contribution in [0.15, 0.2) is 0 Å². The van der Waals surface area contributed by atoms with Gasteiger partial charge in [-0.1, -0.05) is 0 Å². The maximum Gasteiger partial charge on any atom is 0.133 e. The molecule has 0 N–H and O–H groups in total. The van der Waals surface area contributed by atoms with Gasteiger partial charge in [-0.2, -0.15) is 0 Å². The van der Waals surface area contributed by atoms with E-state index in [9.17, 15) is 9.18 Å². The lowest BCUT2D eigenvalue weighted by Crippen LogP contribution is -2.37. The second-order valence-corrected chi connectivity index (χ2v) is 2.67. The van der Waals surface area contributed by atoms with Crippen LogP contribution in [0.2, 0.25) is 0 Å². The molecule has 1 fully saturated rings. The number of aldehydes is 1. The van der Waals surface area contributed by atoms with E-state index in [-0.39, 0.29) is 12.4 Å². The summed E-state index contributed by atoms with van der Waals surface area (Å²) in [6, 6.07) is 0. The molecule has 0 aromatic heterocycles. The number of alkyl halides is 1. The fraction of sp³-hybridized carbons (Fsp3) is 0.857. The van der Waals surface area contributed by atoms with Crippen LogP contribution in [0.1, 0.15) is 12.8 Å². The largest absolute Gasteiger partial charge is 0.302 e. The molecule has 0 saturated carbocycles. The Morgan fingerprint density at radius 2 is 2.36 bits per heavy atom. The molecule has 0 amide bonds. The van der Waals surface area contributed by atoms with E-state index in [1.165, 1.54) is 0 Å². The summed E-state index contributed by atoms with van der Waals surface area (Å²) < 4.78 is 12.6. The van der Waals surface area contributed by atoms with Gasteiger partial charge in [0.15, 0.2) is 0 Å². The molecule has 1 aliphatic heterocycles. The Kier molecular flexibility index (Phi) is 5.42. The molecule has 1 aliphatic rings. The summed E-state index contributed by atoms with van der Waals surface area (Å²) in [6.07, 6.45) is 1.66. The molecule has 0 radical (unpaired) electrons. The average molecular weight is 182 g/mol. The Labute approximate surface area is 72.2 Å². The zero-order valence-corrected chi connectivity index (χ0v) is 7.15. The SMILES string of the molecule is Cl.O=CCN1CCCC(F)C1. The predicted molar refractivity (Wildman–Crippen MR) is 43.9 cm³/mol. The van der Waals surface area contributed by atoms with Gasteiger partial charge in [-0.15, -0.1) is 12.4 Å². The lowest BCUT2D eigenvalue weighted by molar-refractivity contribution is -0.109. The van der Waals surface area contributed by atoms with Crippen molar-refractivity contribution in [3.63, 3.8) is 0 Å². The normalized spacial score (nSPS) is 25.7. The summed E-state index contributed by atoms with van der Waals surface area (Å²) in [4.78, 5) is 11.9. The fourth-order valence-electron chi connectivity index (χ4n) is 1.27. The number of carbonyl (C=O) groups is 1. The first kappa shape index (κ1) is 10.8. The van der Waals surface area contributed by atoms with E-state index in [4.69, 9.17) is 0 Å². The second-order valence-electron chi connectivity index (χ2n) is 2.67. The average Bonchev–Trinajstić information content (AvgIpc) is 1.88. The molecule has 0 aliphatic carbocycles. The summed E-state index contributed by atoms with van der Waals surface area (Å²) in [6.45, 7) is 1.71. The lowest BCUT2D eigenvalue weighted by atomic mass is 10.1. The Morgan fingerprint density at radius 3 is 2.91 bits per heavy atom. The Balaban J connectivity index is 0.000001000. The van der Waals surface area contributed by atoms with Crippen LogP contribution in [0.5, 0.6) is 0 Å². The number of halogens is 2. The number of nitrogens with zero attached hydrogens (tertiary/aromatic N) is 1. The smallest absolute Gasteiger partial charge is 0.133 e. The van der Waals surface area contributed by atoms with E-state index in [1.807, 2.05) is 4.90 Å². The van der Waals surface area contributed by atoms with Crippen molar-refractivity contribution in [1.82, 2.24) is 4.90 Å². The molecule has 0 aromatic rings. The molecule has 1 saturated heterocycles. The van der Waals surface area contributed by atoms with Gasteiger partial charge >= 0.3 is 0 Å². The van der Waals surface area contributed by atoms with E-state index >= 15 is 0 Å². The second kappa shape index (κ2) is 5.49. The number of hydrogen-bond acceptors (Lipinski definition) is 2. The highest BCUT2D eigenvalue weighted by atomic mass is 35.5. The fourth-order valence-corrected chi connectivity index (χ4v) is 1.27. The van der Waals surface area contributed by atoms with E-state index in [0.717, 1.165) is 19.3 Å². The van der Waals surface area contributed by atoms with Crippen molar-refractivity contribution in [2.45, 2.75) is 19.0 Å². The summed E-state index contributed by atoms with van der Waals surface area (Å²) in [5.41, 5.74) is 0. The van der Waals surface area contributed by atoms with Crippen molar-refractivity contribution in [3.8, 4) is 0 Å². The van der Waals surface area contributed by atoms with Crippen LogP contribution >= 0.6 is 12.4 Å². The molecule has 0 aromatic carbocycles. The molecule has 1 atom stereocenters. The van der Waals surface area contributed by atoms with E-state index in [1.54, 1.807) is 0 Å². The molecule has 4 heteroatoms. The van der Waals surface area contributed by atoms with E-state index in [2.05, 4.69) is 0 Å². The summed E-state index contributed by atoms with van der Waals surface area (Å²) in [7, 11) is 0. The summed E-state index contributed by atoms with van der Waals surface area (Å²) in [5, 5.41) is 0. The van der Waals surface area contributed by atoms with Crippen molar-refractivity contribution in [1.29, 1.82) is 0 Å². The number of hydrogen-bond donors (Lipinski definition) is 0. The molecule has 0 bridgehead atoms. The molecule has 1 unspecified atom stereocenters. The van der Waals surface area contributed by atoms with E-state index in [0.29, 0.717) is 19.5 Å². The highest BCUT2D eigenvalue weighted by molar-refractivity contribution is 5.85. The molecular formula is C7H13ClFNO. The number of likely N-dealkylation sites (tertiary alicyclic amines) is 1. The summed E-state index contributed by atoms with van der Waals surface area (Å²) in [5.74, 6) is 0. The Morgan fingerprint density at radius 1 is 1.64 bits per heavy atom. The van der Waals surface area contributed by atoms with Crippen LogP contribution in [0, 0.1) is 0 Å². The van der Waals surface area contributed by atoms with Gasteiger partial charge in [-0.05, 0) is 19.4 Å². The highest BCUT2D eigenvalue weighted by Crippen LogP contribution is 2.11. The van der Waals surface area contributed by atoms with Gasteiger partial charge in [-0.25, -0.2) is 4.39 Å². The Hall–Kier alpha value is -0.150. The zero-order valence-electron chi connectivity index (χ0n) is 6.33. The van der Waals surface area contributed by atoms with Crippen molar-refractivity contribution in [2.75, 3.05) is 19.6 Å². The van der Waals surface area contributed by atoms with Gasteiger partial charge in [0.2, 0.25) is 0 Å². The Bertz CT molecular complexity index is 123. The zero-order chi connectivity index (χ0) is 7.40. The van der Waals surface area contributed by atoms with Crippen LogP contribution < -0.4 is 0 Å². The van der Waals surface area contributed by atoms with Gasteiger partial charge in [0, 0.05) is 6.54 Å². The minimum Gasteiger partial charge on any atom is -0.302 e. The van der Waals surface area contributed by atoms with Crippen LogP contribution in [0.4, 0.5) is 4.39 Å². The minimum atomic E-state index is -0.714. The van der Waals surface area contributed by atoms with Crippen molar-refractivity contribution >= 4 is 18.7 Å². The van der Waals surface area contributed by atoms with Gasteiger partial charge in [0.05, 0.1) is 6.54 Å². The van der Waals surface area contributed by atoms with Crippen LogP contribution in [-0.2, 0) is 4.79 Å². The van der Waals surface area contributed by atoms with Gasteiger partial charge < -0.3 is 4.79 Å². The van der Waals surface area contributed by atoms with Crippen LogP contribution in [0.3, 0.4) is 0 Å². The molecule has 1 rings (SSSR count). The lowest BCUT2D eigenvalue weighted by Gasteiger charge is -2.26. The first-order chi connectivity index (χ1) is 4.83. The minimum absolute atomic E-state index is 0. The van der Waals surface area contributed by atoms with Gasteiger partial charge in [0.1, 0.15) is 12.5 Å². The molecule has 66 valence electrons. The highest BCUT2D eigenvalue weighted by Gasteiger charge is 2.17. The third-order valence-electron chi connectivity index (χ3n) is 1.78. The third kappa shape index (κ3) is 3.68. The molecule has 11 heavy (non-hydrogen) atoms. The third-order valence-corrected chi connectivity index (χ3v) is 1.78. The first-order valence-electron chi connectivity index (χ1n) is 3.63. The molecule has 0 spiro atoms. The monoisotopic (exact) mass is 181 g/mol. The summed E-state index contributed by atoms with van der Waals surface area (Å²) >= 11 is 0. The standard InChI is InChI=1S/C7H12FNO.ClH/c8-7-2-1-3-9(6-7)4-5-10;/h5,7H,1-4,6H2;1H. The van der Waals surface area contributed by atoms with Crippen molar-refractivity contribution in [3.05, 3.63) is 0 Å². The molecular weight excluding hydrogens is 169 g/mol. The van der Waals surface area contributed by atoms with Crippen molar-refractivity contribution in [2.24, 2.45) is 0 Å². The topological polar surface area (TPSA) is 20.3 Å². The number of piperidine rings is 1. The number of carbonyl (C=O) groups excluding carboxylic acids is 1. The van der Waals surface area contributed by atoms with Crippen LogP contribution in [0.25, 0.3) is 0 Å². The maximum atomic E-state index is 12.6. The molecule has 1 heterocycles. The van der Waals surface area contributed by atoms with E-state index < -0.39 is 6.17 Å². The first-order valence-corrected chi connectivity index (χ1v) is 3.63. The maximum absolute atomic E-state index is 12.6. The number of rotatable bonds is 2. The van der Waals surface area contributed by atoms with Gasteiger partial charge in [-0.3, -0.25) is 4.90 Å². The van der Waals surface area contributed by atoms with Crippen molar-refractivity contribution < 1.29 is 9.18 Å².